The van der Waals surface area contributed by atoms with E-state index in [0.717, 1.165) is 19.5 Å². The Hall–Kier alpha value is -1.33. The summed E-state index contributed by atoms with van der Waals surface area (Å²) in [6.45, 7) is 8.02. The Balaban J connectivity index is 2.11. The van der Waals surface area contributed by atoms with Crippen LogP contribution in [0.25, 0.3) is 0 Å². The highest BCUT2D eigenvalue weighted by molar-refractivity contribution is 6.30. The molecule has 1 N–H and O–H groups in total. The van der Waals surface area contributed by atoms with Gasteiger partial charge in [-0.25, -0.2) is 9.18 Å². The van der Waals surface area contributed by atoms with E-state index in [4.69, 9.17) is 16.3 Å². The van der Waals surface area contributed by atoms with E-state index < -0.39 is 17.5 Å². The van der Waals surface area contributed by atoms with Gasteiger partial charge < -0.3 is 15.0 Å². The molecule has 0 aromatic heterocycles. The fraction of sp³-hybridized carbons (Fsp3) is 0.562. The van der Waals surface area contributed by atoms with Crippen molar-refractivity contribution in [1.29, 1.82) is 0 Å². The van der Waals surface area contributed by atoms with Crippen molar-refractivity contribution in [2.24, 2.45) is 0 Å². The van der Waals surface area contributed by atoms with Gasteiger partial charge in [0.15, 0.2) is 0 Å². The summed E-state index contributed by atoms with van der Waals surface area (Å²) in [5.41, 5.74) is 0.107. The largest absolute Gasteiger partial charge is 0.444 e. The molecule has 1 aromatic rings. The van der Waals surface area contributed by atoms with Gasteiger partial charge in [-0.2, -0.15) is 0 Å². The molecule has 0 spiro atoms. The predicted octanol–water partition coefficient (Wildman–Crippen LogP) is 3.75. The molecule has 1 aromatic carbocycles. The van der Waals surface area contributed by atoms with Crippen LogP contribution in [-0.2, 0) is 4.74 Å². The number of amides is 1. The van der Waals surface area contributed by atoms with Gasteiger partial charge in [0.25, 0.3) is 0 Å². The molecule has 0 aliphatic carbocycles. The molecule has 122 valence electrons. The Bertz CT molecular complexity index is 541. The lowest BCUT2D eigenvalue weighted by Gasteiger charge is -2.34. The number of ether oxygens (including phenoxy) is 1. The topological polar surface area (TPSA) is 41.6 Å². The summed E-state index contributed by atoms with van der Waals surface area (Å²) in [7, 11) is 0. The number of carbonyl (C=O) groups is 1. The molecule has 0 unspecified atom stereocenters. The molecule has 6 heteroatoms. The van der Waals surface area contributed by atoms with Crippen LogP contribution in [0.4, 0.5) is 9.18 Å². The van der Waals surface area contributed by atoms with Crippen molar-refractivity contribution in [3.63, 3.8) is 0 Å². The number of alkyl carbamates (subject to hydrolysis) is 1. The van der Waals surface area contributed by atoms with Crippen molar-refractivity contribution < 1.29 is 13.9 Å². The minimum atomic E-state index is -0.573. The zero-order valence-corrected chi connectivity index (χ0v) is 13.9. The fourth-order valence-electron chi connectivity index (χ4n) is 2.24. The fourth-order valence-corrected chi connectivity index (χ4v) is 2.35. The Morgan fingerprint density at radius 3 is 2.64 bits per heavy atom. The Kier molecular flexibility index (Phi) is 5.29. The van der Waals surface area contributed by atoms with Gasteiger partial charge in [0, 0.05) is 6.54 Å². The normalized spacial score (nSPS) is 16.8. The number of hydrogen-bond acceptors (Lipinski definition) is 3. The minimum absolute atomic E-state index is 0.0729. The lowest BCUT2D eigenvalue weighted by atomic mass is 10.0. The second-order valence-electron chi connectivity index (χ2n) is 6.53. The molecular weight excluding hydrogens is 307 g/mol. The molecule has 0 bridgehead atoms. The van der Waals surface area contributed by atoms with Crippen LogP contribution in [0.2, 0.25) is 5.02 Å². The lowest BCUT2D eigenvalue weighted by Crippen LogP contribution is -2.45. The molecule has 1 heterocycles. The molecule has 2 rings (SSSR count). The maximum atomic E-state index is 13.7. The van der Waals surface area contributed by atoms with Gasteiger partial charge in [-0.1, -0.05) is 17.7 Å². The molecule has 1 fully saturated rings. The SMILES string of the molecule is CC(C)(C)OC(=O)N[C@H](CN1CCC1)c1ccc(Cl)c(F)c1. The highest BCUT2D eigenvalue weighted by Gasteiger charge is 2.25. The summed E-state index contributed by atoms with van der Waals surface area (Å²) in [6, 6.07) is 4.27. The summed E-state index contributed by atoms with van der Waals surface area (Å²) in [5, 5.41) is 2.90. The van der Waals surface area contributed by atoms with Crippen LogP contribution in [0.1, 0.15) is 38.8 Å². The smallest absolute Gasteiger partial charge is 0.408 e. The summed E-state index contributed by atoms with van der Waals surface area (Å²) in [5.74, 6) is -0.487. The monoisotopic (exact) mass is 328 g/mol. The van der Waals surface area contributed by atoms with Crippen LogP contribution >= 0.6 is 11.6 Å². The standard InChI is InChI=1S/C16H22ClFN2O2/c1-16(2,3)22-15(21)19-14(10-20-7-4-8-20)11-5-6-12(17)13(18)9-11/h5-6,9,14H,4,7-8,10H2,1-3H3,(H,19,21)/t14-/m1/s1. The number of rotatable bonds is 4. The Morgan fingerprint density at radius 1 is 1.45 bits per heavy atom. The highest BCUT2D eigenvalue weighted by atomic mass is 35.5. The third-order valence-electron chi connectivity index (χ3n) is 3.43. The van der Waals surface area contributed by atoms with E-state index in [9.17, 15) is 9.18 Å². The molecule has 1 atom stereocenters. The molecule has 1 aliphatic rings. The number of likely N-dealkylation sites (tertiary alicyclic amines) is 1. The van der Waals surface area contributed by atoms with Crippen LogP contribution < -0.4 is 5.32 Å². The van der Waals surface area contributed by atoms with Crippen molar-refractivity contribution in [1.82, 2.24) is 10.2 Å². The van der Waals surface area contributed by atoms with E-state index in [1.807, 2.05) is 0 Å². The molecule has 0 saturated carbocycles. The second-order valence-corrected chi connectivity index (χ2v) is 6.93. The number of nitrogens with zero attached hydrogens (tertiary/aromatic N) is 1. The zero-order valence-electron chi connectivity index (χ0n) is 13.2. The van der Waals surface area contributed by atoms with Crippen molar-refractivity contribution in [2.45, 2.75) is 38.8 Å². The van der Waals surface area contributed by atoms with Crippen LogP contribution in [0.3, 0.4) is 0 Å². The first kappa shape index (κ1) is 17.0. The van der Waals surface area contributed by atoms with Crippen LogP contribution in [0.15, 0.2) is 18.2 Å². The quantitative estimate of drug-likeness (QED) is 0.915. The van der Waals surface area contributed by atoms with Crippen molar-refractivity contribution >= 4 is 17.7 Å². The van der Waals surface area contributed by atoms with Crippen molar-refractivity contribution in [3.05, 3.63) is 34.6 Å². The Morgan fingerprint density at radius 2 is 2.14 bits per heavy atom. The third kappa shape index (κ3) is 4.85. The van der Waals surface area contributed by atoms with Gasteiger partial charge >= 0.3 is 6.09 Å². The summed E-state index contributed by atoms with van der Waals surface area (Å²) in [4.78, 5) is 14.2. The first-order valence-electron chi connectivity index (χ1n) is 7.41. The zero-order chi connectivity index (χ0) is 16.3. The van der Waals surface area contributed by atoms with Gasteiger partial charge in [-0.3, -0.25) is 0 Å². The van der Waals surface area contributed by atoms with Crippen LogP contribution in [-0.4, -0.2) is 36.2 Å². The number of benzene rings is 1. The maximum absolute atomic E-state index is 13.7. The molecule has 4 nitrogen and oxygen atoms in total. The second kappa shape index (κ2) is 6.84. The molecule has 0 radical (unpaired) electrons. The van der Waals surface area contributed by atoms with E-state index >= 15 is 0 Å². The highest BCUT2D eigenvalue weighted by Crippen LogP contribution is 2.23. The average Bonchev–Trinajstić information content (AvgIpc) is 2.33. The van der Waals surface area contributed by atoms with Crippen molar-refractivity contribution in [2.75, 3.05) is 19.6 Å². The van der Waals surface area contributed by atoms with E-state index in [-0.39, 0.29) is 11.1 Å². The molecule has 22 heavy (non-hydrogen) atoms. The average molecular weight is 329 g/mol. The third-order valence-corrected chi connectivity index (χ3v) is 3.73. The number of hydrogen-bond donors (Lipinski definition) is 1. The van der Waals surface area contributed by atoms with Gasteiger partial charge in [0.05, 0.1) is 11.1 Å². The molecular formula is C16H22ClFN2O2. The van der Waals surface area contributed by atoms with Crippen LogP contribution in [0.5, 0.6) is 0 Å². The van der Waals surface area contributed by atoms with Gasteiger partial charge in [0.2, 0.25) is 0 Å². The predicted molar refractivity (Wildman–Crippen MR) is 84.6 cm³/mol. The number of carbonyl (C=O) groups excluding carboxylic acids is 1. The van der Waals surface area contributed by atoms with Crippen molar-refractivity contribution in [3.8, 4) is 0 Å². The van der Waals surface area contributed by atoms with E-state index in [1.165, 1.54) is 12.1 Å². The number of halogens is 2. The van der Waals surface area contributed by atoms with E-state index in [1.54, 1.807) is 26.8 Å². The molecule has 1 amide bonds. The molecule has 1 saturated heterocycles. The van der Waals surface area contributed by atoms with Gasteiger partial charge in [0.1, 0.15) is 11.4 Å². The maximum Gasteiger partial charge on any atom is 0.408 e. The summed E-state index contributed by atoms with van der Waals surface area (Å²) >= 11 is 5.72. The van der Waals surface area contributed by atoms with E-state index in [2.05, 4.69) is 10.2 Å². The van der Waals surface area contributed by atoms with Gasteiger partial charge in [-0.15, -0.1) is 0 Å². The van der Waals surface area contributed by atoms with Gasteiger partial charge in [-0.05, 0) is 58.0 Å². The minimum Gasteiger partial charge on any atom is -0.444 e. The lowest BCUT2D eigenvalue weighted by molar-refractivity contribution is 0.0479. The Labute approximate surface area is 135 Å². The van der Waals surface area contributed by atoms with Crippen LogP contribution in [0, 0.1) is 5.82 Å². The first-order valence-corrected chi connectivity index (χ1v) is 7.79. The summed E-state index contributed by atoms with van der Waals surface area (Å²) in [6.07, 6.45) is 0.641. The van der Waals surface area contributed by atoms with E-state index in [0.29, 0.717) is 12.1 Å². The first-order chi connectivity index (χ1) is 10.2. The molecule has 1 aliphatic heterocycles. The number of nitrogens with one attached hydrogen (secondary N) is 1. The summed E-state index contributed by atoms with van der Waals surface area (Å²) < 4.78 is 19.0.